The maximum atomic E-state index is 11.4. The number of rotatable bonds is 10. The molecule has 2 heteroatoms. The fraction of sp³-hybridized carbons (Fsp3) is 0.800. The molecular formula is C15H28O2. The van der Waals surface area contributed by atoms with Crippen LogP contribution in [-0.4, -0.2) is 12.1 Å². The summed E-state index contributed by atoms with van der Waals surface area (Å²) in [6.07, 6.45) is 9.63. The standard InChI is InChI=1S/C15H28O2/c1-5-7-8-9-10-11-12-14(6-2)17-15(16)13(3)4/h14H,3,5-12H2,1-2,4H3. The second-order valence-corrected chi connectivity index (χ2v) is 4.77. The van der Waals surface area contributed by atoms with Crippen molar-refractivity contribution in [2.45, 2.75) is 78.2 Å². The van der Waals surface area contributed by atoms with Crippen molar-refractivity contribution in [3.05, 3.63) is 12.2 Å². The smallest absolute Gasteiger partial charge is 0.333 e. The van der Waals surface area contributed by atoms with Gasteiger partial charge in [-0.05, 0) is 26.2 Å². The van der Waals surface area contributed by atoms with Crippen molar-refractivity contribution in [1.82, 2.24) is 0 Å². The van der Waals surface area contributed by atoms with Gasteiger partial charge in [-0.1, -0.05) is 52.5 Å². The summed E-state index contributed by atoms with van der Waals surface area (Å²) in [7, 11) is 0. The van der Waals surface area contributed by atoms with E-state index in [4.69, 9.17) is 4.74 Å². The molecule has 0 aromatic carbocycles. The lowest BCUT2D eigenvalue weighted by Crippen LogP contribution is -2.17. The monoisotopic (exact) mass is 240 g/mol. The number of unbranched alkanes of at least 4 members (excludes halogenated alkanes) is 5. The highest BCUT2D eigenvalue weighted by Crippen LogP contribution is 2.13. The minimum absolute atomic E-state index is 0.0744. The first-order valence-corrected chi connectivity index (χ1v) is 6.98. The van der Waals surface area contributed by atoms with E-state index in [-0.39, 0.29) is 12.1 Å². The molecule has 0 saturated carbocycles. The number of hydrogen-bond acceptors (Lipinski definition) is 2. The van der Waals surface area contributed by atoms with Gasteiger partial charge >= 0.3 is 5.97 Å². The van der Waals surface area contributed by atoms with Crippen LogP contribution in [0, 0.1) is 0 Å². The molecular weight excluding hydrogens is 212 g/mol. The second-order valence-electron chi connectivity index (χ2n) is 4.77. The van der Waals surface area contributed by atoms with Crippen LogP contribution >= 0.6 is 0 Å². The van der Waals surface area contributed by atoms with E-state index in [9.17, 15) is 4.79 Å². The summed E-state index contributed by atoms with van der Waals surface area (Å²) in [5.41, 5.74) is 0.492. The quantitative estimate of drug-likeness (QED) is 0.316. The van der Waals surface area contributed by atoms with Crippen molar-refractivity contribution in [1.29, 1.82) is 0 Å². The lowest BCUT2D eigenvalue weighted by Gasteiger charge is -2.16. The number of carbonyl (C=O) groups excluding carboxylic acids is 1. The van der Waals surface area contributed by atoms with Crippen LogP contribution in [0.15, 0.2) is 12.2 Å². The predicted octanol–water partition coefficient (Wildman–Crippen LogP) is 4.63. The fourth-order valence-electron chi connectivity index (χ4n) is 1.75. The molecule has 0 bridgehead atoms. The Bertz CT molecular complexity index is 221. The predicted molar refractivity (Wildman–Crippen MR) is 73.0 cm³/mol. The van der Waals surface area contributed by atoms with Gasteiger partial charge in [-0.3, -0.25) is 0 Å². The SMILES string of the molecule is C=C(C)C(=O)OC(CC)CCCCCCCC. The van der Waals surface area contributed by atoms with E-state index in [1.165, 1.54) is 32.1 Å². The van der Waals surface area contributed by atoms with Crippen molar-refractivity contribution in [2.75, 3.05) is 0 Å². The van der Waals surface area contributed by atoms with Crippen LogP contribution in [0.2, 0.25) is 0 Å². The molecule has 2 nitrogen and oxygen atoms in total. The molecule has 1 unspecified atom stereocenters. The Kier molecular flexibility index (Phi) is 9.89. The van der Waals surface area contributed by atoms with Gasteiger partial charge < -0.3 is 4.74 Å². The largest absolute Gasteiger partial charge is 0.459 e. The van der Waals surface area contributed by atoms with Gasteiger partial charge in [0.15, 0.2) is 0 Å². The van der Waals surface area contributed by atoms with E-state index >= 15 is 0 Å². The Hall–Kier alpha value is -0.790. The van der Waals surface area contributed by atoms with Crippen LogP contribution in [0.5, 0.6) is 0 Å². The zero-order valence-electron chi connectivity index (χ0n) is 11.8. The van der Waals surface area contributed by atoms with Gasteiger partial charge in [0.2, 0.25) is 0 Å². The minimum atomic E-state index is -0.247. The highest BCUT2D eigenvalue weighted by Gasteiger charge is 2.12. The van der Waals surface area contributed by atoms with Crippen LogP contribution < -0.4 is 0 Å². The summed E-state index contributed by atoms with van der Waals surface area (Å²) in [6, 6.07) is 0. The molecule has 0 aromatic rings. The number of ether oxygens (including phenoxy) is 1. The lowest BCUT2D eigenvalue weighted by atomic mass is 10.1. The Morgan fingerprint density at radius 2 is 1.71 bits per heavy atom. The van der Waals surface area contributed by atoms with Crippen LogP contribution in [0.25, 0.3) is 0 Å². The van der Waals surface area contributed by atoms with Crippen LogP contribution in [0.1, 0.15) is 72.1 Å². The van der Waals surface area contributed by atoms with E-state index in [0.29, 0.717) is 5.57 Å². The van der Waals surface area contributed by atoms with Gasteiger partial charge in [0, 0.05) is 5.57 Å². The molecule has 17 heavy (non-hydrogen) atoms. The van der Waals surface area contributed by atoms with Crippen LogP contribution in [0.4, 0.5) is 0 Å². The minimum Gasteiger partial charge on any atom is -0.459 e. The third-order valence-corrected chi connectivity index (χ3v) is 2.96. The average molecular weight is 240 g/mol. The highest BCUT2D eigenvalue weighted by atomic mass is 16.5. The number of esters is 1. The molecule has 0 N–H and O–H groups in total. The third-order valence-electron chi connectivity index (χ3n) is 2.96. The van der Waals surface area contributed by atoms with Crippen LogP contribution in [-0.2, 0) is 9.53 Å². The molecule has 0 saturated heterocycles. The first-order chi connectivity index (χ1) is 8.11. The van der Waals surface area contributed by atoms with Crippen molar-refractivity contribution < 1.29 is 9.53 Å². The van der Waals surface area contributed by atoms with E-state index in [1.807, 2.05) is 0 Å². The normalized spacial score (nSPS) is 12.2. The maximum Gasteiger partial charge on any atom is 0.333 e. The maximum absolute atomic E-state index is 11.4. The third kappa shape index (κ3) is 8.96. The molecule has 0 radical (unpaired) electrons. The molecule has 100 valence electrons. The molecule has 0 fully saturated rings. The van der Waals surface area contributed by atoms with Crippen molar-refractivity contribution in [2.24, 2.45) is 0 Å². The Labute approximate surface area is 106 Å². The van der Waals surface area contributed by atoms with E-state index < -0.39 is 0 Å². The molecule has 1 atom stereocenters. The first-order valence-electron chi connectivity index (χ1n) is 6.98. The van der Waals surface area contributed by atoms with Crippen molar-refractivity contribution in [3.8, 4) is 0 Å². The van der Waals surface area contributed by atoms with Gasteiger partial charge in [0.05, 0.1) is 0 Å². The Morgan fingerprint density at radius 1 is 1.12 bits per heavy atom. The first kappa shape index (κ1) is 16.2. The number of carbonyl (C=O) groups is 1. The molecule has 0 aromatic heterocycles. The zero-order chi connectivity index (χ0) is 13.1. The van der Waals surface area contributed by atoms with Gasteiger partial charge in [-0.15, -0.1) is 0 Å². The van der Waals surface area contributed by atoms with Crippen molar-refractivity contribution >= 4 is 5.97 Å². The van der Waals surface area contributed by atoms with E-state index in [2.05, 4.69) is 20.4 Å². The highest BCUT2D eigenvalue weighted by molar-refractivity contribution is 5.87. The fourth-order valence-corrected chi connectivity index (χ4v) is 1.75. The van der Waals surface area contributed by atoms with Gasteiger partial charge in [0.25, 0.3) is 0 Å². The zero-order valence-corrected chi connectivity index (χ0v) is 11.8. The average Bonchev–Trinajstić information content (AvgIpc) is 2.31. The van der Waals surface area contributed by atoms with Gasteiger partial charge in [-0.2, -0.15) is 0 Å². The summed E-state index contributed by atoms with van der Waals surface area (Å²) >= 11 is 0. The molecule has 0 aliphatic carbocycles. The molecule has 0 spiro atoms. The van der Waals surface area contributed by atoms with Gasteiger partial charge in [-0.25, -0.2) is 4.79 Å². The second kappa shape index (κ2) is 10.4. The molecule has 0 aliphatic rings. The van der Waals surface area contributed by atoms with E-state index in [1.54, 1.807) is 6.92 Å². The molecule has 0 aliphatic heterocycles. The lowest BCUT2D eigenvalue weighted by molar-refractivity contribution is -0.144. The topological polar surface area (TPSA) is 26.3 Å². The molecule has 0 heterocycles. The van der Waals surface area contributed by atoms with Gasteiger partial charge in [0.1, 0.15) is 6.10 Å². The Balaban J connectivity index is 3.61. The molecule has 0 rings (SSSR count). The molecule has 0 amide bonds. The van der Waals surface area contributed by atoms with Crippen molar-refractivity contribution in [3.63, 3.8) is 0 Å². The summed E-state index contributed by atoms with van der Waals surface area (Å²) in [5, 5.41) is 0. The summed E-state index contributed by atoms with van der Waals surface area (Å²) in [5.74, 6) is -0.247. The van der Waals surface area contributed by atoms with E-state index in [0.717, 1.165) is 19.3 Å². The summed E-state index contributed by atoms with van der Waals surface area (Å²) < 4.78 is 5.35. The van der Waals surface area contributed by atoms with Crippen LogP contribution in [0.3, 0.4) is 0 Å². The Morgan fingerprint density at radius 3 is 2.24 bits per heavy atom. The number of hydrogen-bond donors (Lipinski definition) is 0. The summed E-state index contributed by atoms with van der Waals surface area (Å²) in [6.45, 7) is 9.58. The summed E-state index contributed by atoms with van der Waals surface area (Å²) in [4.78, 5) is 11.4.